The van der Waals surface area contributed by atoms with Crippen LogP contribution in [0.1, 0.15) is 35.9 Å². The largest absolute Gasteiger partial charge is 0.360 e. The molecule has 2 fully saturated rings. The van der Waals surface area contributed by atoms with Crippen LogP contribution in [0.5, 0.6) is 0 Å². The van der Waals surface area contributed by atoms with Gasteiger partial charge in [-0.15, -0.1) is 0 Å². The first-order valence-electron chi connectivity index (χ1n) is 9.90. The lowest BCUT2D eigenvalue weighted by Gasteiger charge is -2.38. The second kappa shape index (κ2) is 7.89. The summed E-state index contributed by atoms with van der Waals surface area (Å²) in [5.74, 6) is 0.289. The number of nitrogens with one attached hydrogen (secondary N) is 1. The molecule has 0 bridgehead atoms. The van der Waals surface area contributed by atoms with E-state index in [4.69, 9.17) is 4.52 Å². The molecular weight excluding hydrogens is 392 g/mol. The fourth-order valence-corrected chi connectivity index (χ4v) is 5.56. The third kappa shape index (κ3) is 4.08. The molecule has 1 saturated carbocycles. The Hall–Kier alpha value is -2.23. The molecule has 1 unspecified atom stereocenters. The van der Waals surface area contributed by atoms with Crippen LogP contribution < -0.4 is 5.32 Å². The molecule has 1 amide bonds. The maximum Gasteiger partial charge on any atom is 0.248 e. The van der Waals surface area contributed by atoms with Gasteiger partial charge in [0.1, 0.15) is 16.6 Å². The minimum Gasteiger partial charge on any atom is -0.360 e. The Bertz CT molecular complexity index is 958. The predicted octanol–water partition coefficient (Wildman–Crippen LogP) is 1.62. The molecule has 1 saturated heterocycles. The van der Waals surface area contributed by atoms with E-state index in [-0.39, 0.29) is 16.8 Å². The molecule has 8 nitrogen and oxygen atoms in total. The van der Waals surface area contributed by atoms with Gasteiger partial charge in [0.05, 0.1) is 0 Å². The highest BCUT2D eigenvalue weighted by atomic mass is 32.2. The van der Waals surface area contributed by atoms with Crippen molar-refractivity contribution in [1.29, 1.82) is 0 Å². The number of benzene rings is 1. The zero-order valence-electron chi connectivity index (χ0n) is 16.7. The minimum atomic E-state index is -3.67. The topological polar surface area (TPSA) is 95.8 Å². The zero-order chi connectivity index (χ0) is 20.6. The van der Waals surface area contributed by atoms with Gasteiger partial charge in [0, 0.05) is 32.2 Å². The zero-order valence-corrected chi connectivity index (χ0v) is 17.5. The Morgan fingerprint density at radius 1 is 1.14 bits per heavy atom. The average Bonchev–Trinajstić information content (AvgIpc) is 3.45. The highest BCUT2D eigenvalue weighted by Crippen LogP contribution is 2.28. The number of amides is 1. The van der Waals surface area contributed by atoms with Gasteiger partial charge in [-0.05, 0) is 32.3 Å². The molecule has 2 heterocycles. The summed E-state index contributed by atoms with van der Waals surface area (Å²) < 4.78 is 32.6. The predicted molar refractivity (Wildman–Crippen MR) is 107 cm³/mol. The first-order chi connectivity index (χ1) is 13.9. The average molecular weight is 419 g/mol. The molecule has 1 atom stereocenters. The van der Waals surface area contributed by atoms with Gasteiger partial charge in [0.15, 0.2) is 5.76 Å². The molecule has 1 aliphatic heterocycles. The van der Waals surface area contributed by atoms with E-state index in [1.54, 1.807) is 13.8 Å². The summed E-state index contributed by atoms with van der Waals surface area (Å²) in [4.78, 5) is 15.2. The Morgan fingerprint density at radius 3 is 2.34 bits per heavy atom. The van der Waals surface area contributed by atoms with Crippen molar-refractivity contribution >= 4 is 15.9 Å². The summed E-state index contributed by atoms with van der Waals surface area (Å²) in [5, 5.41) is 6.87. The molecule has 1 aromatic heterocycles. The van der Waals surface area contributed by atoms with Crippen molar-refractivity contribution in [3.63, 3.8) is 0 Å². The molecule has 4 rings (SSSR count). The second-order valence-corrected chi connectivity index (χ2v) is 9.56. The quantitative estimate of drug-likeness (QED) is 0.766. The molecule has 156 valence electrons. The van der Waals surface area contributed by atoms with E-state index in [0.29, 0.717) is 37.6 Å². The Balaban J connectivity index is 1.51. The van der Waals surface area contributed by atoms with E-state index in [2.05, 4.69) is 15.4 Å². The summed E-state index contributed by atoms with van der Waals surface area (Å²) in [5.41, 5.74) is 1.29. The van der Waals surface area contributed by atoms with Crippen LogP contribution in [-0.2, 0) is 14.8 Å². The van der Waals surface area contributed by atoms with Crippen molar-refractivity contribution in [3.05, 3.63) is 47.3 Å². The highest BCUT2D eigenvalue weighted by Gasteiger charge is 2.37. The lowest BCUT2D eigenvalue weighted by Crippen LogP contribution is -2.52. The SMILES string of the molecule is Cc1noc(C)c1S(=O)(=O)N1CCN(C(C(=O)NC2CC2)c2ccccc2)CC1. The van der Waals surface area contributed by atoms with Gasteiger partial charge in [0.2, 0.25) is 15.9 Å². The molecule has 1 aromatic carbocycles. The van der Waals surface area contributed by atoms with Crippen LogP contribution in [-0.4, -0.2) is 60.9 Å². The van der Waals surface area contributed by atoms with Crippen LogP contribution in [0.3, 0.4) is 0 Å². The van der Waals surface area contributed by atoms with Crippen LogP contribution in [0.15, 0.2) is 39.8 Å². The number of hydrogen-bond donors (Lipinski definition) is 1. The standard InChI is InChI=1S/C20H26N4O4S/c1-14-19(15(2)28-22-14)29(26,27)24-12-10-23(11-13-24)18(16-6-4-3-5-7-16)20(25)21-17-8-9-17/h3-7,17-18H,8-13H2,1-2H3,(H,21,25). The van der Waals surface area contributed by atoms with Crippen LogP contribution in [0.2, 0.25) is 0 Å². The van der Waals surface area contributed by atoms with Crippen LogP contribution in [0, 0.1) is 13.8 Å². The number of carbonyl (C=O) groups is 1. The molecule has 1 aliphatic carbocycles. The lowest BCUT2D eigenvalue weighted by atomic mass is 10.0. The van der Waals surface area contributed by atoms with Crippen LogP contribution in [0.4, 0.5) is 0 Å². The van der Waals surface area contributed by atoms with Crippen LogP contribution in [0.25, 0.3) is 0 Å². The monoisotopic (exact) mass is 418 g/mol. The fraction of sp³-hybridized carbons (Fsp3) is 0.500. The van der Waals surface area contributed by atoms with E-state index < -0.39 is 16.1 Å². The van der Waals surface area contributed by atoms with Gasteiger partial charge in [0.25, 0.3) is 0 Å². The summed E-state index contributed by atoms with van der Waals surface area (Å²) in [6.07, 6.45) is 2.05. The Labute approximate surface area is 170 Å². The maximum atomic E-state index is 13.1. The van der Waals surface area contributed by atoms with Crippen molar-refractivity contribution in [1.82, 2.24) is 19.7 Å². The Kier molecular flexibility index (Phi) is 5.46. The number of piperazine rings is 1. The molecule has 29 heavy (non-hydrogen) atoms. The maximum absolute atomic E-state index is 13.1. The van der Waals surface area contributed by atoms with Gasteiger partial charge in [-0.2, -0.15) is 4.31 Å². The molecular formula is C20H26N4O4S. The molecule has 2 aliphatic rings. The number of aryl methyl sites for hydroxylation is 2. The van der Waals surface area contributed by atoms with E-state index in [0.717, 1.165) is 18.4 Å². The van der Waals surface area contributed by atoms with Crippen molar-refractivity contribution in [3.8, 4) is 0 Å². The first-order valence-corrected chi connectivity index (χ1v) is 11.3. The fourth-order valence-electron chi connectivity index (χ4n) is 3.85. The van der Waals surface area contributed by atoms with Crippen molar-refractivity contribution in [2.75, 3.05) is 26.2 Å². The molecule has 2 aromatic rings. The van der Waals surface area contributed by atoms with Gasteiger partial charge < -0.3 is 9.84 Å². The summed E-state index contributed by atoms with van der Waals surface area (Å²) in [6, 6.07) is 9.52. The number of hydrogen-bond acceptors (Lipinski definition) is 6. The number of carbonyl (C=O) groups excluding carboxylic acids is 1. The van der Waals surface area contributed by atoms with Crippen molar-refractivity contribution < 1.29 is 17.7 Å². The minimum absolute atomic E-state index is 0.0132. The molecule has 9 heteroatoms. The van der Waals surface area contributed by atoms with Crippen molar-refractivity contribution in [2.24, 2.45) is 0 Å². The molecule has 1 N–H and O–H groups in total. The van der Waals surface area contributed by atoms with E-state index in [1.807, 2.05) is 30.3 Å². The number of aromatic nitrogens is 1. The number of rotatable bonds is 6. The highest BCUT2D eigenvalue weighted by molar-refractivity contribution is 7.89. The molecule has 0 radical (unpaired) electrons. The van der Waals surface area contributed by atoms with Gasteiger partial charge in [-0.25, -0.2) is 8.42 Å². The molecule has 0 spiro atoms. The van der Waals surface area contributed by atoms with Gasteiger partial charge >= 0.3 is 0 Å². The van der Waals surface area contributed by atoms with E-state index in [1.165, 1.54) is 4.31 Å². The summed E-state index contributed by atoms with van der Waals surface area (Å²) in [6.45, 7) is 4.81. The summed E-state index contributed by atoms with van der Waals surface area (Å²) >= 11 is 0. The normalized spacial score (nSPS) is 19.8. The van der Waals surface area contributed by atoms with Crippen LogP contribution >= 0.6 is 0 Å². The lowest BCUT2D eigenvalue weighted by molar-refractivity contribution is -0.127. The van der Waals surface area contributed by atoms with Gasteiger partial charge in [-0.3, -0.25) is 9.69 Å². The third-order valence-corrected chi connectivity index (χ3v) is 7.64. The first kappa shape index (κ1) is 20.1. The van der Waals surface area contributed by atoms with Crippen molar-refractivity contribution in [2.45, 2.75) is 43.7 Å². The number of nitrogens with zero attached hydrogens (tertiary/aromatic N) is 3. The smallest absolute Gasteiger partial charge is 0.248 e. The summed E-state index contributed by atoms with van der Waals surface area (Å²) in [7, 11) is -3.67. The third-order valence-electron chi connectivity index (χ3n) is 5.49. The Morgan fingerprint density at radius 2 is 1.79 bits per heavy atom. The van der Waals surface area contributed by atoms with E-state index >= 15 is 0 Å². The second-order valence-electron chi connectivity index (χ2n) is 7.69. The number of sulfonamides is 1. The van der Waals surface area contributed by atoms with Gasteiger partial charge in [-0.1, -0.05) is 35.5 Å². The van der Waals surface area contributed by atoms with E-state index in [9.17, 15) is 13.2 Å².